The van der Waals surface area contributed by atoms with Crippen LogP contribution in [0, 0.1) is 0 Å². The van der Waals surface area contributed by atoms with Gasteiger partial charge in [0.2, 0.25) is 0 Å². The largest absolute Gasteiger partial charge is 0.497 e. The second kappa shape index (κ2) is 11.9. The Morgan fingerprint density at radius 1 is 0.970 bits per heavy atom. The minimum absolute atomic E-state index is 0. The van der Waals surface area contributed by atoms with Gasteiger partial charge in [0, 0.05) is 56.1 Å². The molecule has 0 N–H and O–H groups in total. The topological polar surface area (TPSA) is 34.2 Å². The number of fused-ring (bicyclic) bond motifs is 2. The predicted molar refractivity (Wildman–Crippen MR) is 138 cm³/mol. The van der Waals surface area contributed by atoms with Crippen molar-refractivity contribution in [1.29, 1.82) is 0 Å². The maximum atomic E-state index is 6.01. The van der Waals surface area contributed by atoms with Gasteiger partial charge in [-0.3, -0.25) is 9.80 Å². The van der Waals surface area contributed by atoms with E-state index >= 15 is 0 Å². The van der Waals surface area contributed by atoms with E-state index in [1.807, 2.05) is 6.07 Å². The molecule has 2 aromatic rings. The maximum absolute atomic E-state index is 6.01. The Morgan fingerprint density at radius 2 is 1.73 bits per heavy atom. The Bertz CT molecular complexity index is 951. The molecule has 1 aliphatic heterocycles. The summed E-state index contributed by atoms with van der Waals surface area (Å²) in [4.78, 5) is 4.97. The van der Waals surface area contributed by atoms with Gasteiger partial charge in [0.1, 0.15) is 5.75 Å². The molecule has 0 aromatic heterocycles. The Labute approximate surface area is 213 Å². The van der Waals surface area contributed by atoms with Gasteiger partial charge in [-0.15, -0.1) is 35.6 Å². The van der Waals surface area contributed by atoms with Crippen LogP contribution in [0.3, 0.4) is 0 Å². The monoisotopic (exact) mass is 514 g/mol. The lowest BCUT2D eigenvalue weighted by molar-refractivity contribution is 0.154. The molecule has 0 fully saturated rings. The zero-order chi connectivity index (χ0) is 22.7. The fraction of sp³-hybridized carbons (Fsp3) is 0.520. The van der Waals surface area contributed by atoms with Crippen LogP contribution in [0.5, 0.6) is 17.2 Å². The molecule has 0 radical (unpaired) electrons. The third kappa shape index (κ3) is 5.18. The molecule has 1 heterocycles. The van der Waals surface area contributed by atoms with E-state index in [-0.39, 0.29) is 12.4 Å². The van der Waals surface area contributed by atoms with Gasteiger partial charge in [0.15, 0.2) is 11.5 Å². The van der Waals surface area contributed by atoms with Crippen LogP contribution >= 0.6 is 35.6 Å². The minimum atomic E-state index is 0. The minimum Gasteiger partial charge on any atom is -0.497 e. The van der Waals surface area contributed by atoms with Gasteiger partial charge < -0.3 is 14.2 Å². The van der Waals surface area contributed by atoms with Gasteiger partial charge in [-0.05, 0) is 53.3 Å². The van der Waals surface area contributed by atoms with E-state index in [1.165, 1.54) is 22.3 Å². The van der Waals surface area contributed by atoms with Crippen LogP contribution in [-0.2, 0) is 12.8 Å². The molecule has 0 saturated heterocycles. The number of alkyl halides is 2. The molecular weight excluding hydrogens is 483 g/mol. The third-order valence-corrected chi connectivity index (χ3v) is 7.07. The van der Waals surface area contributed by atoms with E-state index in [0.29, 0.717) is 17.8 Å². The lowest BCUT2D eigenvalue weighted by Gasteiger charge is -2.42. The van der Waals surface area contributed by atoms with Gasteiger partial charge >= 0.3 is 0 Å². The van der Waals surface area contributed by atoms with E-state index in [4.69, 9.17) is 37.4 Å². The predicted octanol–water partition coefficient (Wildman–Crippen LogP) is 5.04. The molecule has 5 nitrogen and oxygen atoms in total. The van der Waals surface area contributed by atoms with Crippen LogP contribution in [0.1, 0.15) is 22.7 Å². The quantitative estimate of drug-likeness (QED) is 0.414. The van der Waals surface area contributed by atoms with Crippen LogP contribution in [0.2, 0.25) is 0 Å². The van der Waals surface area contributed by atoms with Gasteiger partial charge in [-0.1, -0.05) is 6.07 Å². The molecule has 2 aliphatic rings. The highest BCUT2D eigenvalue weighted by molar-refractivity contribution is 6.18. The second-order valence-corrected chi connectivity index (χ2v) is 9.06. The van der Waals surface area contributed by atoms with E-state index in [1.54, 1.807) is 21.3 Å². The lowest BCUT2D eigenvalue weighted by atomic mass is 9.76. The van der Waals surface area contributed by atoms with Crippen LogP contribution in [0.15, 0.2) is 24.3 Å². The molecule has 0 bridgehead atoms. The fourth-order valence-electron chi connectivity index (χ4n) is 5.20. The molecule has 4 rings (SSSR count). The molecule has 0 spiro atoms. The van der Waals surface area contributed by atoms with E-state index in [9.17, 15) is 0 Å². The second-order valence-electron chi connectivity index (χ2n) is 8.31. The summed E-state index contributed by atoms with van der Waals surface area (Å²) in [5, 5.41) is 0. The van der Waals surface area contributed by atoms with Gasteiger partial charge in [0.25, 0.3) is 0 Å². The summed E-state index contributed by atoms with van der Waals surface area (Å²) in [5.41, 5.74) is 6.38. The van der Waals surface area contributed by atoms with Crippen molar-refractivity contribution in [1.82, 2.24) is 9.80 Å². The summed E-state index contributed by atoms with van der Waals surface area (Å²) in [6.45, 7) is 4.72. The lowest BCUT2D eigenvalue weighted by Crippen LogP contribution is -2.43. The smallest absolute Gasteiger partial charge is 0.168 e. The van der Waals surface area contributed by atoms with Crippen molar-refractivity contribution < 1.29 is 14.2 Å². The molecule has 8 heteroatoms. The van der Waals surface area contributed by atoms with Crippen LogP contribution in [0.4, 0.5) is 0 Å². The summed E-state index contributed by atoms with van der Waals surface area (Å²) in [7, 11) is 5.13. The Balaban J connectivity index is 0.00000306. The number of hydrogen-bond donors (Lipinski definition) is 0. The number of halogens is 3. The summed E-state index contributed by atoms with van der Waals surface area (Å²) in [5.74, 6) is 3.70. The zero-order valence-corrected chi connectivity index (χ0v) is 21.9. The van der Waals surface area contributed by atoms with Gasteiger partial charge in [0.05, 0.1) is 21.3 Å². The molecule has 1 unspecified atom stereocenters. The average molecular weight is 516 g/mol. The first-order chi connectivity index (χ1) is 15.6. The molecule has 33 heavy (non-hydrogen) atoms. The van der Waals surface area contributed by atoms with Crippen molar-refractivity contribution in [2.45, 2.75) is 18.9 Å². The first-order valence-corrected chi connectivity index (χ1v) is 12.2. The van der Waals surface area contributed by atoms with Crippen molar-refractivity contribution in [3.05, 3.63) is 41.0 Å². The molecular formula is C25H33Cl3N2O3. The highest BCUT2D eigenvalue weighted by atomic mass is 35.5. The Morgan fingerprint density at radius 3 is 2.36 bits per heavy atom. The number of benzene rings is 2. The highest BCUT2D eigenvalue weighted by Crippen LogP contribution is 2.52. The fourth-order valence-corrected chi connectivity index (χ4v) is 5.67. The van der Waals surface area contributed by atoms with Crippen molar-refractivity contribution in [3.8, 4) is 28.4 Å². The summed E-state index contributed by atoms with van der Waals surface area (Å²) >= 11 is 12.0. The number of methoxy groups -OCH3 is 3. The molecule has 2 aromatic carbocycles. The Kier molecular flexibility index (Phi) is 9.42. The SMILES string of the molecule is COc1cc2c3c(c1)-c1c(ccc(OC)c1OC)CC3N(CCN(CCCl)CCCl)CC2.Cl. The normalized spacial score (nSPS) is 16.6. The third-order valence-electron chi connectivity index (χ3n) is 6.74. The van der Waals surface area contributed by atoms with Crippen LogP contribution in [0.25, 0.3) is 11.1 Å². The first-order valence-electron chi connectivity index (χ1n) is 11.2. The van der Waals surface area contributed by atoms with Crippen molar-refractivity contribution in [2.75, 3.05) is 65.8 Å². The summed E-state index contributed by atoms with van der Waals surface area (Å²) in [6.07, 6.45) is 1.95. The summed E-state index contributed by atoms with van der Waals surface area (Å²) in [6, 6.07) is 8.88. The maximum Gasteiger partial charge on any atom is 0.168 e. The van der Waals surface area contributed by atoms with Crippen LogP contribution in [-0.4, -0.2) is 75.6 Å². The number of nitrogens with zero attached hydrogens (tertiary/aromatic N) is 2. The molecule has 0 saturated carbocycles. The average Bonchev–Trinajstić information content (AvgIpc) is 2.82. The number of hydrogen-bond acceptors (Lipinski definition) is 5. The van der Waals surface area contributed by atoms with Crippen molar-refractivity contribution in [2.24, 2.45) is 0 Å². The first kappa shape index (κ1) is 26.2. The van der Waals surface area contributed by atoms with E-state index in [2.05, 4.69) is 28.0 Å². The van der Waals surface area contributed by atoms with E-state index in [0.717, 1.165) is 68.4 Å². The van der Waals surface area contributed by atoms with Crippen molar-refractivity contribution >= 4 is 35.6 Å². The highest BCUT2D eigenvalue weighted by Gasteiger charge is 2.36. The molecule has 0 amide bonds. The zero-order valence-electron chi connectivity index (χ0n) is 19.5. The van der Waals surface area contributed by atoms with Crippen LogP contribution < -0.4 is 14.2 Å². The summed E-state index contributed by atoms with van der Waals surface area (Å²) < 4.78 is 17.1. The Hall–Kier alpha value is -1.37. The molecule has 1 aliphatic carbocycles. The molecule has 1 atom stereocenters. The van der Waals surface area contributed by atoms with Crippen molar-refractivity contribution in [3.63, 3.8) is 0 Å². The standard InChI is InChI=1S/C25H32Cl2N2O3.ClH/c1-30-19-14-18-6-9-29(13-12-28(10-7-26)11-8-27)21-15-17-4-5-22(31-2)25(32-3)24(17)20(16-19)23(18)21;/h4-5,14,16,21H,6-13,15H2,1-3H3;1H. The van der Waals surface area contributed by atoms with Gasteiger partial charge in [-0.2, -0.15) is 0 Å². The number of ether oxygens (including phenoxy) is 3. The van der Waals surface area contributed by atoms with Gasteiger partial charge in [-0.25, -0.2) is 0 Å². The molecule has 182 valence electrons. The number of rotatable bonds is 10. The van der Waals surface area contributed by atoms with E-state index < -0.39 is 0 Å².